The van der Waals surface area contributed by atoms with Crippen molar-refractivity contribution in [2.45, 2.75) is 19.9 Å². The van der Waals surface area contributed by atoms with E-state index in [1.807, 2.05) is 11.0 Å². The minimum atomic E-state index is -2.87. The van der Waals surface area contributed by atoms with Gasteiger partial charge in [-0.05, 0) is 43.3 Å². The number of alkyl halides is 2. The molecule has 0 atom stereocenters. The molecule has 40 heavy (non-hydrogen) atoms. The van der Waals surface area contributed by atoms with Gasteiger partial charge in [0.25, 0.3) is 5.89 Å². The van der Waals surface area contributed by atoms with Crippen molar-refractivity contribution in [2.75, 3.05) is 38.1 Å². The lowest BCUT2D eigenvalue weighted by atomic mass is 10.2. The number of halogens is 3. The molecule has 0 radical (unpaired) electrons. The minimum absolute atomic E-state index is 0.0848. The summed E-state index contributed by atoms with van der Waals surface area (Å²) in [4.78, 5) is 25.8. The molecular formula is C27H29F3N8O2. The third-order valence-electron chi connectivity index (χ3n) is 6.14. The molecule has 1 N–H and O–H groups in total. The molecule has 1 amide bonds. The second-order valence-electron chi connectivity index (χ2n) is 8.79. The van der Waals surface area contributed by atoms with Crippen molar-refractivity contribution in [3.8, 4) is 11.5 Å². The van der Waals surface area contributed by atoms with Crippen LogP contribution in [0.1, 0.15) is 24.9 Å². The summed E-state index contributed by atoms with van der Waals surface area (Å²) in [7, 11) is 1.80. The van der Waals surface area contributed by atoms with E-state index in [1.165, 1.54) is 17.2 Å². The molecule has 0 aliphatic carbocycles. The highest BCUT2D eigenvalue weighted by Crippen LogP contribution is 2.25. The predicted octanol–water partition coefficient (Wildman–Crippen LogP) is 4.06. The van der Waals surface area contributed by atoms with Crippen LogP contribution >= 0.6 is 0 Å². The van der Waals surface area contributed by atoms with E-state index in [0.29, 0.717) is 42.2 Å². The molecule has 1 aliphatic rings. The Hall–Kier alpha value is -4.52. The molecule has 0 spiro atoms. The van der Waals surface area contributed by atoms with Crippen molar-refractivity contribution in [3.05, 3.63) is 90.0 Å². The maximum atomic E-state index is 15.1. The number of carbonyl (C=O) groups is 1. The fourth-order valence-electron chi connectivity index (χ4n) is 3.98. The Balaban J connectivity index is 1.64. The zero-order valence-corrected chi connectivity index (χ0v) is 22.0. The summed E-state index contributed by atoms with van der Waals surface area (Å²) in [6.07, 6.45) is 7.21. The van der Waals surface area contributed by atoms with Gasteiger partial charge in [-0.2, -0.15) is 8.78 Å². The Morgan fingerprint density at radius 1 is 1.20 bits per heavy atom. The van der Waals surface area contributed by atoms with Gasteiger partial charge >= 0.3 is 6.43 Å². The van der Waals surface area contributed by atoms with Crippen molar-refractivity contribution in [2.24, 2.45) is 0 Å². The second kappa shape index (κ2) is 13.5. The standard InChI is InChI=1S/C27H29F3N8O2/c1-3-23(28)24(38-11-9-31-10-12-38)13-22(36(2)21-5-4-8-32-15-21)17-37(18-39)16-20-7-6-19(14-33-20)26-34-35-27(40-26)25(29)30/h3-8,13-15,17-18,25,31H,9-12,16H2,1-2H3/b22-17-,23-3+,24-13+. The molecule has 3 aromatic rings. The number of rotatable bonds is 11. The number of pyridine rings is 2. The highest BCUT2D eigenvalue weighted by atomic mass is 19.3. The van der Waals surface area contributed by atoms with Crippen LogP contribution in [0, 0.1) is 0 Å². The molecule has 210 valence electrons. The van der Waals surface area contributed by atoms with E-state index in [9.17, 15) is 13.6 Å². The number of allylic oxidation sites excluding steroid dienone is 3. The molecule has 1 aliphatic heterocycles. The highest BCUT2D eigenvalue weighted by Gasteiger charge is 2.20. The molecule has 13 heteroatoms. The van der Waals surface area contributed by atoms with Crippen molar-refractivity contribution in [1.29, 1.82) is 0 Å². The highest BCUT2D eigenvalue weighted by molar-refractivity contribution is 5.57. The Kier molecular flexibility index (Phi) is 9.62. The van der Waals surface area contributed by atoms with E-state index < -0.39 is 12.3 Å². The van der Waals surface area contributed by atoms with Crippen LogP contribution in [0.3, 0.4) is 0 Å². The van der Waals surface area contributed by atoms with Gasteiger partial charge in [0.05, 0.1) is 41.1 Å². The van der Waals surface area contributed by atoms with Crippen LogP contribution in [0.4, 0.5) is 18.9 Å². The summed E-state index contributed by atoms with van der Waals surface area (Å²) in [6, 6.07) is 6.85. The zero-order valence-electron chi connectivity index (χ0n) is 22.0. The Labute approximate surface area is 229 Å². The maximum absolute atomic E-state index is 15.1. The van der Waals surface area contributed by atoms with Gasteiger partial charge in [0.1, 0.15) is 5.83 Å². The molecule has 0 unspecified atom stereocenters. The van der Waals surface area contributed by atoms with Gasteiger partial charge in [-0.15, -0.1) is 10.2 Å². The molecule has 4 heterocycles. The van der Waals surface area contributed by atoms with Crippen LogP contribution in [0.15, 0.2) is 82.8 Å². The van der Waals surface area contributed by atoms with Gasteiger partial charge in [-0.3, -0.25) is 14.8 Å². The Morgan fingerprint density at radius 3 is 2.60 bits per heavy atom. The molecular weight excluding hydrogens is 525 g/mol. The molecule has 1 saturated heterocycles. The van der Waals surface area contributed by atoms with E-state index in [2.05, 4.69) is 25.5 Å². The maximum Gasteiger partial charge on any atom is 0.314 e. The molecule has 3 aromatic heterocycles. The predicted molar refractivity (Wildman–Crippen MR) is 142 cm³/mol. The summed E-state index contributed by atoms with van der Waals surface area (Å²) in [6.45, 7) is 4.42. The number of amides is 1. The first kappa shape index (κ1) is 28.5. The monoisotopic (exact) mass is 554 g/mol. The summed E-state index contributed by atoms with van der Waals surface area (Å²) < 4.78 is 45.6. The molecule has 1 fully saturated rings. The van der Waals surface area contributed by atoms with Crippen LogP contribution in [-0.4, -0.2) is 69.6 Å². The van der Waals surface area contributed by atoms with Crippen LogP contribution in [-0.2, 0) is 11.3 Å². The SMILES string of the molecule is C\C=C(F)/C(=C\C(=C\N(C=O)Cc1ccc(-c2nnc(C(F)F)o2)cn1)N(C)c1cccnc1)N1CCNCC1. The van der Waals surface area contributed by atoms with Crippen LogP contribution in [0.5, 0.6) is 0 Å². The number of carbonyl (C=O) groups excluding carboxylic acids is 1. The molecule has 0 saturated carbocycles. The third kappa shape index (κ3) is 7.11. The molecule has 0 aromatic carbocycles. The fraction of sp³-hybridized carbons (Fsp3) is 0.296. The Bertz CT molecular complexity index is 1350. The Morgan fingerprint density at radius 2 is 2.00 bits per heavy atom. The number of hydrogen-bond donors (Lipinski definition) is 1. The fourth-order valence-corrected chi connectivity index (χ4v) is 3.98. The van der Waals surface area contributed by atoms with Crippen LogP contribution < -0.4 is 10.2 Å². The summed E-state index contributed by atoms with van der Waals surface area (Å²) in [5.41, 5.74) is 2.55. The largest absolute Gasteiger partial charge is 0.415 e. The number of nitrogens with zero attached hydrogens (tertiary/aromatic N) is 7. The lowest BCUT2D eigenvalue weighted by Crippen LogP contribution is -2.43. The number of likely N-dealkylation sites (N-methyl/N-ethyl adjacent to an activating group) is 1. The van der Waals surface area contributed by atoms with E-state index in [-0.39, 0.29) is 18.3 Å². The lowest BCUT2D eigenvalue weighted by Gasteiger charge is -2.32. The van der Waals surface area contributed by atoms with Gasteiger partial charge in [-0.1, -0.05) is 0 Å². The lowest BCUT2D eigenvalue weighted by molar-refractivity contribution is -0.116. The van der Waals surface area contributed by atoms with Gasteiger partial charge in [0.15, 0.2) is 0 Å². The minimum Gasteiger partial charge on any atom is -0.415 e. The number of hydrogen-bond acceptors (Lipinski definition) is 9. The first-order chi connectivity index (χ1) is 19.4. The van der Waals surface area contributed by atoms with Crippen molar-refractivity contribution < 1.29 is 22.4 Å². The quantitative estimate of drug-likeness (QED) is 0.278. The first-order valence-electron chi connectivity index (χ1n) is 12.5. The third-order valence-corrected chi connectivity index (χ3v) is 6.14. The van der Waals surface area contributed by atoms with Gasteiger partial charge in [0.2, 0.25) is 12.3 Å². The first-order valence-corrected chi connectivity index (χ1v) is 12.5. The van der Waals surface area contributed by atoms with E-state index in [4.69, 9.17) is 4.42 Å². The smallest absolute Gasteiger partial charge is 0.314 e. The number of anilines is 1. The second-order valence-corrected chi connectivity index (χ2v) is 8.79. The van der Waals surface area contributed by atoms with E-state index in [1.54, 1.807) is 61.7 Å². The van der Waals surface area contributed by atoms with Gasteiger partial charge in [0, 0.05) is 51.8 Å². The summed E-state index contributed by atoms with van der Waals surface area (Å²) in [5.74, 6) is -1.24. The summed E-state index contributed by atoms with van der Waals surface area (Å²) >= 11 is 0. The molecule has 10 nitrogen and oxygen atoms in total. The van der Waals surface area contributed by atoms with E-state index in [0.717, 1.165) is 18.8 Å². The van der Waals surface area contributed by atoms with Crippen molar-refractivity contribution >= 4 is 12.1 Å². The number of aromatic nitrogens is 4. The molecule has 0 bridgehead atoms. The van der Waals surface area contributed by atoms with Crippen molar-refractivity contribution in [3.63, 3.8) is 0 Å². The average Bonchev–Trinajstić information content (AvgIpc) is 3.50. The number of piperazine rings is 1. The average molecular weight is 555 g/mol. The summed E-state index contributed by atoms with van der Waals surface area (Å²) in [5, 5.41) is 10.2. The van der Waals surface area contributed by atoms with Gasteiger partial charge in [-0.25, -0.2) is 4.39 Å². The normalized spacial score (nSPS) is 14.9. The number of nitrogens with one attached hydrogen (secondary N) is 1. The zero-order chi connectivity index (χ0) is 28.5. The topological polar surface area (TPSA) is 104 Å². The molecule has 4 rings (SSSR count). The van der Waals surface area contributed by atoms with Crippen molar-refractivity contribution in [1.82, 2.24) is 35.3 Å². The van der Waals surface area contributed by atoms with Crippen LogP contribution in [0.25, 0.3) is 11.5 Å². The van der Waals surface area contributed by atoms with E-state index >= 15 is 4.39 Å². The van der Waals surface area contributed by atoms with Crippen LogP contribution in [0.2, 0.25) is 0 Å². The van der Waals surface area contributed by atoms with Gasteiger partial charge < -0.3 is 24.4 Å².